The van der Waals surface area contributed by atoms with Crippen LogP contribution in [0, 0.1) is 11.3 Å². The Kier molecular flexibility index (Phi) is 5.37. The molecule has 6 nitrogen and oxygen atoms in total. The first-order valence-corrected chi connectivity index (χ1v) is 9.77. The molecule has 28 heavy (non-hydrogen) atoms. The highest BCUT2D eigenvalue weighted by Gasteiger charge is 2.27. The first-order chi connectivity index (χ1) is 13.2. The number of anilines is 1. The number of carbonyl (C=O) groups is 1. The van der Waals surface area contributed by atoms with E-state index in [1.165, 1.54) is 0 Å². The number of aromatic nitrogens is 1. The van der Waals surface area contributed by atoms with Gasteiger partial charge in [-0.3, -0.25) is 4.79 Å². The van der Waals surface area contributed by atoms with Crippen LogP contribution >= 0.6 is 0 Å². The lowest BCUT2D eigenvalue weighted by molar-refractivity contribution is -0.120. The van der Waals surface area contributed by atoms with Crippen LogP contribution in [0.15, 0.2) is 24.3 Å². The van der Waals surface area contributed by atoms with Crippen LogP contribution in [-0.2, 0) is 4.79 Å². The molecule has 1 amide bonds. The molecule has 0 atom stereocenters. The summed E-state index contributed by atoms with van der Waals surface area (Å²) in [5.74, 6) is -0.0104. The first kappa shape index (κ1) is 19.8. The normalized spacial score (nSPS) is 13.9. The zero-order chi connectivity index (χ0) is 20.5. The third-order valence-electron chi connectivity index (χ3n) is 4.97. The van der Waals surface area contributed by atoms with Gasteiger partial charge in [0.2, 0.25) is 5.91 Å². The maximum absolute atomic E-state index is 11.5. The van der Waals surface area contributed by atoms with Crippen molar-refractivity contribution in [2.75, 3.05) is 18.0 Å². The van der Waals surface area contributed by atoms with Gasteiger partial charge in [0.05, 0.1) is 28.7 Å². The van der Waals surface area contributed by atoms with Crippen molar-refractivity contribution < 1.29 is 4.79 Å². The number of nitrogens with one attached hydrogen (secondary N) is 3. The van der Waals surface area contributed by atoms with Gasteiger partial charge in [-0.2, -0.15) is 5.26 Å². The number of aromatic amines is 1. The third kappa shape index (κ3) is 4.14. The van der Waals surface area contributed by atoms with Gasteiger partial charge >= 0.3 is 0 Å². The summed E-state index contributed by atoms with van der Waals surface area (Å²) in [5, 5.41) is 16.9. The van der Waals surface area contributed by atoms with E-state index in [1.54, 1.807) is 6.92 Å². The molecule has 0 bridgehead atoms. The topological polar surface area (TPSA) is 84.0 Å². The molecule has 0 saturated carbocycles. The third-order valence-corrected chi connectivity index (χ3v) is 4.97. The smallest absolute Gasteiger partial charge is 0.217 e. The van der Waals surface area contributed by atoms with Crippen LogP contribution in [0.1, 0.15) is 52.3 Å². The number of nitrogens with zero attached hydrogens (tertiary/aromatic N) is 2. The molecule has 1 aliphatic heterocycles. The fourth-order valence-electron chi connectivity index (χ4n) is 3.77. The molecule has 0 radical (unpaired) electrons. The molecule has 0 spiro atoms. The Morgan fingerprint density at radius 1 is 1.39 bits per heavy atom. The van der Waals surface area contributed by atoms with Gasteiger partial charge in [0.1, 0.15) is 0 Å². The lowest BCUT2D eigenvalue weighted by Crippen LogP contribution is -2.45. The minimum absolute atomic E-state index is 0.0104. The van der Waals surface area contributed by atoms with Gasteiger partial charge in [0.25, 0.3) is 0 Å². The monoisotopic (exact) mass is 379 g/mol. The SMILES string of the molecule is CC(=O)NC(C)(C)CCN1CC=C(NC(C)C)c2[nH]c3cc(C#N)ccc3c21. The molecule has 1 aromatic heterocycles. The van der Waals surface area contributed by atoms with Crippen LogP contribution in [0.4, 0.5) is 5.69 Å². The average Bonchev–Trinajstić information content (AvgIpc) is 2.98. The molecule has 6 heteroatoms. The molecule has 0 aliphatic carbocycles. The van der Waals surface area contributed by atoms with Gasteiger partial charge in [-0.25, -0.2) is 0 Å². The van der Waals surface area contributed by atoms with Gasteiger partial charge < -0.3 is 20.5 Å². The number of hydrogen-bond acceptors (Lipinski definition) is 4. The predicted molar refractivity (Wildman–Crippen MR) is 114 cm³/mol. The Labute approximate surface area is 166 Å². The number of amides is 1. The second-order valence-electron chi connectivity index (χ2n) is 8.40. The number of fused-ring (bicyclic) bond motifs is 3. The maximum atomic E-state index is 11.5. The lowest BCUT2D eigenvalue weighted by Gasteiger charge is -2.33. The summed E-state index contributed by atoms with van der Waals surface area (Å²) in [5.41, 5.74) is 4.65. The zero-order valence-electron chi connectivity index (χ0n) is 17.3. The van der Waals surface area contributed by atoms with E-state index in [9.17, 15) is 10.1 Å². The highest BCUT2D eigenvalue weighted by Crippen LogP contribution is 2.38. The lowest BCUT2D eigenvalue weighted by atomic mass is 9.99. The molecule has 148 valence electrons. The predicted octanol–water partition coefficient (Wildman–Crippen LogP) is 3.50. The van der Waals surface area contributed by atoms with Crippen molar-refractivity contribution in [3.8, 4) is 6.07 Å². The molecule has 2 aromatic rings. The Balaban J connectivity index is 1.97. The van der Waals surface area contributed by atoms with Gasteiger partial charge in [-0.05, 0) is 58.4 Å². The second-order valence-corrected chi connectivity index (χ2v) is 8.40. The van der Waals surface area contributed by atoms with Crippen molar-refractivity contribution >= 4 is 28.2 Å². The minimum atomic E-state index is -0.272. The fraction of sp³-hybridized carbons (Fsp3) is 0.455. The molecule has 0 fully saturated rings. The molecule has 1 aliphatic rings. The van der Waals surface area contributed by atoms with E-state index in [-0.39, 0.29) is 11.4 Å². The van der Waals surface area contributed by atoms with Crippen LogP contribution in [0.5, 0.6) is 0 Å². The molecule has 0 unspecified atom stereocenters. The van der Waals surface area contributed by atoms with Gasteiger partial charge in [-0.15, -0.1) is 0 Å². The van der Waals surface area contributed by atoms with Crippen molar-refractivity contribution in [2.45, 2.75) is 52.6 Å². The van der Waals surface area contributed by atoms with E-state index in [0.29, 0.717) is 11.6 Å². The summed E-state index contributed by atoms with van der Waals surface area (Å²) in [6, 6.07) is 8.33. The molecule has 0 saturated heterocycles. The van der Waals surface area contributed by atoms with E-state index in [2.05, 4.69) is 60.4 Å². The molecular weight excluding hydrogens is 350 g/mol. The molecule has 3 rings (SSSR count). The van der Waals surface area contributed by atoms with Crippen LogP contribution in [0.2, 0.25) is 0 Å². The van der Waals surface area contributed by atoms with Gasteiger partial charge in [-0.1, -0.05) is 0 Å². The molecule has 1 aromatic carbocycles. The standard InChI is InChI=1S/C22H29N5O/c1-14(2)24-18-8-10-27(11-9-22(4,5)26-15(3)28)21-17-7-6-16(13-23)12-19(17)25-20(18)21/h6-8,12,14,24-25H,9-11H2,1-5H3,(H,26,28). The van der Waals surface area contributed by atoms with Gasteiger partial charge in [0.15, 0.2) is 0 Å². The number of carbonyl (C=O) groups excluding carboxylic acids is 1. The maximum Gasteiger partial charge on any atom is 0.217 e. The van der Waals surface area contributed by atoms with E-state index in [1.807, 2.05) is 18.2 Å². The summed E-state index contributed by atoms with van der Waals surface area (Å²) in [6.07, 6.45) is 3.03. The molecular formula is C22H29N5O. The summed E-state index contributed by atoms with van der Waals surface area (Å²) < 4.78 is 0. The Hall–Kier alpha value is -2.94. The Bertz CT molecular complexity index is 961. The van der Waals surface area contributed by atoms with Crippen LogP contribution in [0.25, 0.3) is 16.6 Å². The van der Waals surface area contributed by atoms with Crippen molar-refractivity contribution in [3.63, 3.8) is 0 Å². The number of rotatable bonds is 6. The van der Waals surface area contributed by atoms with Crippen LogP contribution in [-0.4, -0.2) is 35.6 Å². The highest BCUT2D eigenvalue weighted by atomic mass is 16.1. The number of nitriles is 1. The van der Waals surface area contributed by atoms with Crippen LogP contribution in [0.3, 0.4) is 0 Å². The summed E-state index contributed by atoms with van der Waals surface area (Å²) in [7, 11) is 0. The van der Waals surface area contributed by atoms with Crippen molar-refractivity contribution in [1.29, 1.82) is 5.26 Å². The Morgan fingerprint density at radius 3 is 2.79 bits per heavy atom. The minimum Gasteiger partial charge on any atom is -0.381 e. The highest BCUT2D eigenvalue weighted by molar-refractivity contribution is 6.01. The van der Waals surface area contributed by atoms with Crippen molar-refractivity contribution in [2.24, 2.45) is 0 Å². The number of hydrogen-bond donors (Lipinski definition) is 3. The Morgan fingerprint density at radius 2 is 2.14 bits per heavy atom. The van der Waals surface area contributed by atoms with Gasteiger partial charge in [0, 0.05) is 42.5 Å². The van der Waals surface area contributed by atoms with E-state index in [4.69, 9.17) is 0 Å². The van der Waals surface area contributed by atoms with E-state index in [0.717, 1.165) is 47.5 Å². The number of benzene rings is 1. The summed E-state index contributed by atoms with van der Waals surface area (Å²) in [4.78, 5) is 17.3. The summed E-state index contributed by atoms with van der Waals surface area (Å²) >= 11 is 0. The van der Waals surface area contributed by atoms with E-state index >= 15 is 0 Å². The van der Waals surface area contributed by atoms with Crippen molar-refractivity contribution in [1.82, 2.24) is 15.6 Å². The zero-order valence-corrected chi connectivity index (χ0v) is 17.3. The second kappa shape index (κ2) is 7.59. The average molecular weight is 380 g/mol. The summed E-state index contributed by atoms with van der Waals surface area (Å²) in [6.45, 7) is 11.5. The fourth-order valence-corrected chi connectivity index (χ4v) is 3.77. The molecule has 2 heterocycles. The van der Waals surface area contributed by atoms with Crippen molar-refractivity contribution in [3.05, 3.63) is 35.5 Å². The van der Waals surface area contributed by atoms with Crippen LogP contribution < -0.4 is 15.5 Å². The quantitative estimate of drug-likeness (QED) is 0.717. The first-order valence-electron chi connectivity index (χ1n) is 9.77. The van der Waals surface area contributed by atoms with E-state index < -0.39 is 0 Å². The largest absolute Gasteiger partial charge is 0.381 e. The molecule has 3 N–H and O–H groups in total. The number of H-pyrrole nitrogens is 1.